The Hall–Kier alpha value is -0.880. The van der Waals surface area contributed by atoms with Crippen LogP contribution in [0.3, 0.4) is 0 Å². The van der Waals surface area contributed by atoms with Crippen molar-refractivity contribution >= 4 is 48.0 Å². The number of hydrogen-bond donors (Lipinski definition) is 0. The number of aryl methyl sites for hydroxylation is 2. The van der Waals surface area contributed by atoms with E-state index in [9.17, 15) is 0 Å². The van der Waals surface area contributed by atoms with Crippen LogP contribution in [0.5, 0.6) is 11.5 Å². The summed E-state index contributed by atoms with van der Waals surface area (Å²) in [5.41, 5.74) is 2.12. The third-order valence-corrected chi connectivity index (χ3v) is 5.81. The molecule has 0 bridgehead atoms. The molecule has 3 rings (SSSR count). The smallest absolute Gasteiger partial charge is 0.140 e. The second-order valence-corrected chi connectivity index (χ2v) is 7.99. The summed E-state index contributed by atoms with van der Waals surface area (Å²) in [6.45, 7) is 11.4. The highest BCUT2D eigenvalue weighted by Gasteiger charge is 2.17. The van der Waals surface area contributed by atoms with E-state index < -0.39 is 0 Å². The molecule has 8 heteroatoms. The number of ether oxygens (including phenoxy) is 2. The molecule has 0 atom stereocenters. The Morgan fingerprint density at radius 3 is 1.93 bits per heavy atom. The number of hydrogen-bond acceptors (Lipinski definition) is 4. The van der Waals surface area contributed by atoms with Gasteiger partial charge in [0.25, 0.3) is 0 Å². The van der Waals surface area contributed by atoms with Gasteiger partial charge in [0.15, 0.2) is 0 Å². The average molecular weight is 496 g/mol. The quantitative estimate of drug-likeness (QED) is 0.480. The van der Waals surface area contributed by atoms with E-state index >= 15 is 0 Å². The fourth-order valence-corrected chi connectivity index (χ4v) is 3.71. The van der Waals surface area contributed by atoms with Crippen molar-refractivity contribution in [2.45, 2.75) is 13.8 Å². The van der Waals surface area contributed by atoms with Gasteiger partial charge in [-0.1, -0.05) is 35.3 Å². The monoisotopic (exact) mass is 494 g/mol. The van der Waals surface area contributed by atoms with E-state index in [0.717, 1.165) is 66.9 Å². The first-order chi connectivity index (χ1) is 13.5. The molecular weight excluding hydrogens is 466 g/mol. The normalized spacial score (nSPS) is 14.5. The molecular formula is C22H30Cl4N2O2. The molecule has 1 aliphatic rings. The van der Waals surface area contributed by atoms with Gasteiger partial charge in [-0.25, -0.2) is 0 Å². The molecule has 0 unspecified atom stereocenters. The molecule has 1 fully saturated rings. The Morgan fingerprint density at radius 2 is 1.37 bits per heavy atom. The summed E-state index contributed by atoms with van der Waals surface area (Å²) in [5.74, 6) is 1.69. The maximum atomic E-state index is 6.22. The number of rotatable bonds is 8. The standard InChI is InChI=1S/C22H28Cl2N2O2.2ClH/c1-17-4-3-5-21(24)22(17)28-15-13-26-10-8-25(9-11-26)12-14-27-19-6-7-20(23)18(2)16-19;;/h3-7,16H,8-15H2,1-2H3;2*1H. The van der Waals surface area contributed by atoms with E-state index in [1.807, 2.05) is 50.2 Å². The van der Waals surface area contributed by atoms with E-state index in [1.165, 1.54) is 0 Å². The topological polar surface area (TPSA) is 24.9 Å². The molecule has 0 saturated carbocycles. The van der Waals surface area contributed by atoms with Crippen molar-refractivity contribution < 1.29 is 9.47 Å². The molecule has 0 radical (unpaired) electrons. The fourth-order valence-electron chi connectivity index (χ4n) is 3.31. The molecule has 168 valence electrons. The maximum absolute atomic E-state index is 6.22. The van der Waals surface area contributed by atoms with Gasteiger partial charge in [-0.3, -0.25) is 9.80 Å². The molecule has 2 aromatic carbocycles. The van der Waals surface area contributed by atoms with Crippen LogP contribution in [-0.4, -0.2) is 62.3 Å². The predicted molar refractivity (Wildman–Crippen MR) is 131 cm³/mol. The Morgan fingerprint density at radius 1 is 0.767 bits per heavy atom. The molecule has 30 heavy (non-hydrogen) atoms. The summed E-state index contributed by atoms with van der Waals surface area (Å²) in [7, 11) is 0. The summed E-state index contributed by atoms with van der Waals surface area (Å²) < 4.78 is 11.8. The molecule has 0 aromatic heterocycles. The number of halogens is 4. The lowest BCUT2D eigenvalue weighted by Crippen LogP contribution is -2.48. The van der Waals surface area contributed by atoms with Gasteiger partial charge in [0.2, 0.25) is 0 Å². The van der Waals surface area contributed by atoms with Crippen molar-refractivity contribution in [1.29, 1.82) is 0 Å². The molecule has 1 saturated heterocycles. The van der Waals surface area contributed by atoms with Gasteiger partial charge in [0.05, 0.1) is 5.02 Å². The van der Waals surface area contributed by atoms with Crippen LogP contribution in [0.4, 0.5) is 0 Å². The lowest BCUT2D eigenvalue weighted by Gasteiger charge is -2.34. The van der Waals surface area contributed by atoms with Crippen LogP contribution >= 0.6 is 48.0 Å². The van der Waals surface area contributed by atoms with Crippen LogP contribution in [0.1, 0.15) is 11.1 Å². The van der Waals surface area contributed by atoms with E-state index in [1.54, 1.807) is 0 Å². The first-order valence-electron chi connectivity index (χ1n) is 9.74. The molecule has 4 nitrogen and oxygen atoms in total. The van der Waals surface area contributed by atoms with Crippen LogP contribution in [-0.2, 0) is 0 Å². The van der Waals surface area contributed by atoms with Gasteiger partial charge in [0.1, 0.15) is 24.7 Å². The molecule has 0 spiro atoms. The summed E-state index contributed by atoms with van der Waals surface area (Å²) in [6, 6.07) is 11.6. The van der Waals surface area contributed by atoms with E-state index in [4.69, 9.17) is 32.7 Å². The molecule has 0 N–H and O–H groups in total. The van der Waals surface area contributed by atoms with Crippen molar-refractivity contribution in [3.8, 4) is 11.5 Å². The number of piperazine rings is 1. The van der Waals surface area contributed by atoms with Crippen molar-refractivity contribution in [3.05, 3.63) is 57.6 Å². The van der Waals surface area contributed by atoms with E-state index in [-0.39, 0.29) is 24.8 Å². The molecule has 1 aliphatic heterocycles. The molecule has 1 heterocycles. The van der Waals surface area contributed by atoms with E-state index in [2.05, 4.69) is 9.80 Å². The Balaban J connectivity index is 0.00000225. The Bertz CT molecular complexity index is 763. The number of para-hydroxylation sites is 1. The second-order valence-electron chi connectivity index (χ2n) is 7.18. The number of nitrogens with zero attached hydrogens (tertiary/aromatic N) is 2. The predicted octanol–water partition coefficient (Wildman–Crippen LogP) is 5.53. The third-order valence-electron chi connectivity index (χ3n) is 5.09. The van der Waals surface area contributed by atoms with Gasteiger partial charge in [-0.05, 0) is 49.2 Å². The Kier molecular flexibility index (Phi) is 12.2. The highest BCUT2D eigenvalue weighted by atomic mass is 35.5. The van der Waals surface area contributed by atoms with Crippen LogP contribution in [0.25, 0.3) is 0 Å². The minimum Gasteiger partial charge on any atom is -0.492 e. The average Bonchev–Trinajstić information content (AvgIpc) is 2.68. The molecule has 0 amide bonds. The summed E-state index contributed by atoms with van der Waals surface area (Å²) in [4.78, 5) is 4.88. The highest BCUT2D eigenvalue weighted by Crippen LogP contribution is 2.27. The summed E-state index contributed by atoms with van der Waals surface area (Å²) in [6.07, 6.45) is 0. The molecule has 2 aromatic rings. The molecule has 0 aliphatic carbocycles. The zero-order chi connectivity index (χ0) is 19.9. The lowest BCUT2D eigenvalue weighted by molar-refractivity contribution is 0.105. The van der Waals surface area contributed by atoms with Crippen molar-refractivity contribution in [2.24, 2.45) is 0 Å². The SMILES string of the molecule is Cc1cc(OCCN2CCN(CCOc3c(C)cccc3Cl)CC2)ccc1Cl.Cl.Cl. The zero-order valence-corrected chi connectivity index (χ0v) is 20.5. The van der Waals surface area contributed by atoms with E-state index in [0.29, 0.717) is 18.2 Å². The highest BCUT2D eigenvalue weighted by molar-refractivity contribution is 6.32. The lowest BCUT2D eigenvalue weighted by atomic mass is 10.2. The maximum Gasteiger partial charge on any atom is 0.140 e. The first kappa shape index (κ1) is 27.2. The van der Waals surface area contributed by atoms with Gasteiger partial charge >= 0.3 is 0 Å². The minimum atomic E-state index is 0. The third kappa shape index (κ3) is 7.99. The van der Waals surface area contributed by atoms with Crippen LogP contribution in [0.2, 0.25) is 10.0 Å². The fraction of sp³-hybridized carbons (Fsp3) is 0.455. The second kappa shape index (κ2) is 13.5. The van der Waals surface area contributed by atoms with Gasteiger partial charge in [0, 0.05) is 44.3 Å². The van der Waals surface area contributed by atoms with Gasteiger partial charge in [-0.15, -0.1) is 24.8 Å². The van der Waals surface area contributed by atoms with Crippen molar-refractivity contribution in [1.82, 2.24) is 9.80 Å². The van der Waals surface area contributed by atoms with Gasteiger partial charge < -0.3 is 9.47 Å². The largest absolute Gasteiger partial charge is 0.492 e. The summed E-state index contributed by atoms with van der Waals surface area (Å²) >= 11 is 12.3. The van der Waals surface area contributed by atoms with Crippen LogP contribution < -0.4 is 9.47 Å². The van der Waals surface area contributed by atoms with Crippen LogP contribution in [0.15, 0.2) is 36.4 Å². The van der Waals surface area contributed by atoms with Crippen molar-refractivity contribution in [3.63, 3.8) is 0 Å². The van der Waals surface area contributed by atoms with Crippen LogP contribution in [0, 0.1) is 13.8 Å². The zero-order valence-electron chi connectivity index (χ0n) is 17.4. The summed E-state index contributed by atoms with van der Waals surface area (Å²) in [5, 5.41) is 1.46. The first-order valence-corrected chi connectivity index (χ1v) is 10.5. The Labute approximate surface area is 202 Å². The van der Waals surface area contributed by atoms with Gasteiger partial charge in [-0.2, -0.15) is 0 Å². The van der Waals surface area contributed by atoms with Crippen molar-refractivity contribution in [2.75, 3.05) is 52.5 Å². The minimum absolute atomic E-state index is 0. The number of benzene rings is 2.